The number of H-pyrrole nitrogens is 1. The van der Waals surface area contributed by atoms with E-state index < -0.39 is 39.5 Å². The molecule has 5 N–H and O–H groups in total. The van der Waals surface area contributed by atoms with Crippen LogP contribution in [0.25, 0.3) is 11.1 Å². The number of rotatable bonds is 12. The maximum absolute atomic E-state index is 12.9. The molecule has 0 bridgehead atoms. The van der Waals surface area contributed by atoms with E-state index in [9.17, 15) is 27.6 Å². The number of ether oxygens (including phenoxy) is 2. The molecule has 40 heavy (non-hydrogen) atoms. The third-order valence-electron chi connectivity index (χ3n) is 5.51. The van der Waals surface area contributed by atoms with Crippen molar-refractivity contribution in [3.63, 3.8) is 0 Å². The number of aromatic amines is 1. The molecule has 3 rings (SSSR count). The fourth-order valence-corrected chi connectivity index (χ4v) is 4.62. The van der Waals surface area contributed by atoms with Crippen molar-refractivity contribution in [3.8, 4) is 11.1 Å². The minimum atomic E-state index is -4.00. The zero-order valence-electron chi connectivity index (χ0n) is 21.8. The molecule has 1 aromatic heterocycles. The number of sulfonamides is 1. The summed E-state index contributed by atoms with van der Waals surface area (Å²) >= 11 is 0. The molecule has 0 aliphatic heterocycles. The van der Waals surface area contributed by atoms with Crippen LogP contribution in [0.15, 0.2) is 64.4 Å². The molecule has 0 radical (unpaired) electrons. The van der Waals surface area contributed by atoms with Crippen LogP contribution >= 0.6 is 0 Å². The number of nitrogen functional groups attached to an aromatic ring is 1. The number of carbonyl (C=O) groups excluding carboxylic acids is 3. The van der Waals surface area contributed by atoms with Crippen LogP contribution in [0.2, 0.25) is 0 Å². The van der Waals surface area contributed by atoms with Gasteiger partial charge in [0.15, 0.2) is 5.95 Å². The summed E-state index contributed by atoms with van der Waals surface area (Å²) < 4.78 is 38.0. The summed E-state index contributed by atoms with van der Waals surface area (Å²) in [5.41, 5.74) is 6.01. The highest BCUT2D eigenvalue weighted by Gasteiger charge is 2.24. The second kappa shape index (κ2) is 13.4. The van der Waals surface area contributed by atoms with E-state index in [2.05, 4.69) is 20.0 Å². The van der Waals surface area contributed by atoms with E-state index in [1.165, 1.54) is 54.7 Å². The summed E-state index contributed by atoms with van der Waals surface area (Å²) in [6.45, 7) is 3.57. The fourth-order valence-electron chi connectivity index (χ4n) is 3.56. The van der Waals surface area contributed by atoms with E-state index in [1.54, 1.807) is 13.8 Å². The summed E-state index contributed by atoms with van der Waals surface area (Å²) in [7, 11) is -4.00. The quantitative estimate of drug-likeness (QED) is 0.232. The Kier molecular flexibility index (Phi) is 9.97. The van der Waals surface area contributed by atoms with Gasteiger partial charge in [0.25, 0.3) is 21.5 Å². The SMILES string of the molecule is CCOC(=O)CC[C@H](NC(=O)c1ccc(NS(=O)(=O)c2ccc(-c3cnc(N)[nH]c3=O)cc2)cc1)C(=O)OCC. The predicted molar refractivity (Wildman–Crippen MR) is 146 cm³/mol. The molecule has 0 aliphatic carbocycles. The second-order valence-corrected chi connectivity index (χ2v) is 10.0. The monoisotopic (exact) mass is 571 g/mol. The van der Waals surface area contributed by atoms with Gasteiger partial charge in [-0.1, -0.05) is 12.1 Å². The third kappa shape index (κ3) is 7.89. The molecule has 212 valence electrons. The molecular formula is C26H29N5O8S. The largest absolute Gasteiger partial charge is 0.466 e. The van der Waals surface area contributed by atoms with Gasteiger partial charge in [-0.05, 0) is 62.2 Å². The fraction of sp³-hybridized carbons (Fsp3) is 0.269. The van der Waals surface area contributed by atoms with E-state index in [0.29, 0.717) is 5.56 Å². The van der Waals surface area contributed by atoms with E-state index in [1.807, 2.05) is 0 Å². The van der Waals surface area contributed by atoms with E-state index >= 15 is 0 Å². The van der Waals surface area contributed by atoms with Crippen molar-refractivity contribution in [1.29, 1.82) is 0 Å². The van der Waals surface area contributed by atoms with Gasteiger partial charge in [0, 0.05) is 23.9 Å². The number of nitrogens with one attached hydrogen (secondary N) is 3. The molecule has 1 atom stereocenters. The lowest BCUT2D eigenvalue weighted by Gasteiger charge is -2.17. The van der Waals surface area contributed by atoms with Crippen LogP contribution < -0.4 is 21.3 Å². The van der Waals surface area contributed by atoms with Crippen molar-refractivity contribution in [2.45, 2.75) is 37.6 Å². The molecule has 1 amide bonds. The summed E-state index contributed by atoms with van der Waals surface area (Å²) in [5, 5.41) is 2.54. The van der Waals surface area contributed by atoms with Crippen molar-refractivity contribution >= 4 is 39.5 Å². The first-order valence-electron chi connectivity index (χ1n) is 12.2. The van der Waals surface area contributed by atoms with Gasteiger partial charge in [0.2, 0.25) is 0 Å². The predicted octanol–water partition coefficient (Wildman–Crippen LogP) is 1.82. The van der Waals surface area contributed by atoms with Crippen LogP contribution in [-0.2, 0) is 29.1 Å². The Morgan fingerprint density at radius 2 is 1.65 bits per heavy atom. The summed E-state index contributed by atoms with van der Waals surface area (Å²) in [4.78, 5) is 54.9. The number of esters is 2. The Morgan fingerprint density at radius 1 is 1.00 bits per heavy atom. The summed E-state index contributed by atoms with van der Waals surface area (Å²) in [6, 6.07) is 10.1. The highest BCUT2D eigenvalue weighted by Crippen LogP contribution is 2.21. The van der Waals surface area contributed by atoms with Gasteiger partial charge < -0.3 is 20.5 Å². The van der Waals surface area contributed by atoms with Crippen LogP contribution in [0.4, 0.5) is 11.6 Å². The molecular weight excluding hydrogens is 542 g/mol. The van der Waals surface area contributed by atoms with Crippen molar-refractivity contribution in [1.82, 2.24) is 15.3 Å². The molecule has 13 nitrogen and oxygen atoms in total. The lowest BCUT2D eigenvalue weighted by Crippen LogP contribution is -2.42. The van der Waals surface area contributed by atoms with Crippen molar-refractivity contribution < 1.29 is 32.3 Å². The van der Waals surface area contributed by atoms with E-state index in [0.717, 1.165) is 0 Å². The third-order valence-corrected chi connectivity index (χ3v) is 6.91. The molecule has 0 fully saturated rings. The molecule has 0 saturated carbocycles. The molecule has 3 aromatic rings. The first-order chi connectivity index (χ1) is 19.0. The van der Waals surface area contributed by atoms with Crippen LogP contribution in [0.5, 0.6) is 0 Å². The number of nitrogens with zero attached hydrogens (tertiary/aromatic N) is 1. The van der Waals surface area contributed by atoms with E-state index in [-0.39, 0.29) is 53.7 Å². The van der Waals surface area contributed by atoms with Crippen molar-refractivity contribution in [2.24, 2.45) is 0 Å². The Hall–Kier alpha value is -4.72. The Labute approximate surface area is 230 Å². The van der Waals surface area contributed by atoms with Crippen molar-refractivity contribution in [3.05, 3.63) is 70.6 Å². The topological polar surface area (TPSA) is 200 Å². The lowest BCUT2D eigenvalue weighted by molar-refractivity contribution is -0.146. The first-order valence-corrected chi connectivity index (χ1v) is 13.7. The Morgan fingerprint density at radius 3 is 2.25 bits per heavy atom. The van der Waals surface area contributed by atoms with Crippen LogP contribution in [0.3, 0.4) is 0 Å². The van der Waals surface area contributed by atoms with Crippen molar-refractivity contribution in [2.75, 3.05) is 23.7 Å². The molecule has 14 heteroatoms. The summed E-state index contributed by atoms with van der Waals surface area (Å²) in [5.74, 6) is -1.84. The zero-order chi connectivity index (χ0) is 29.3. The lowest BCUT2D eigenvalue weighted by atomic mass is 10.1. The highest BCUT2D eigenvalue weighted by atomic mass is 32.2. The average Bonchev–Trinajstić information content (AvgIpc) is 2.91. The molecule has 0 spiro atoms. The number of nitrogens with two attached hydrogens (primary N) is 1. The molecule has 0 aliphatic rings. The van der Waals surface area contributed by atoms with Gasteiger partial charge >= 0.3 is 11.9 Å². The summed E-state index contributed by atoms with van der Waals surface area (Å²) in [6.07, 6.45) is 1.19. The van der Waals surface area contributed by atoms with E-state index in [4.69, 9.17) is 15.2 Å². The van der Waals surface area contributed by atoms with Crippen LogP contribution in [-0.4, -0.2) is 55.5 Å². The number of anilines is 2. The van der Waals surface area contributed by atoms with Crippen LogP contribution in [0, 0.1) is 0 Å². The number of carbonyl (C=O) groups is 3. The molecule has 0 unspecified atom stereocenters. The first kappa shape index (κ1) is 29.8. The van der Waals surface area contributed by atoms with Gasteiger partial charge in [-0.25, -0.2) is 18.2 Å². The van der Waals surface area contributed by atoms with Gasteiger partial charge in [0.1, 0.15) is 6.04 Å². The number of hydrogen-bond acceptors (Lipinski definition) is 10. The maximum atomic E-state index is 12.9. The zero-order valence-corrected chi connectivity index (χ0v) is 22.6. The Balaban J connectivity index is 1.67. The number of aromatic nitrogens is 2. The average molecular weight is 572 g/mol. The van der Waals surface area contributed by atoms with Gasteiger partial charge in [0.05, 0.1) is 23.7 Å². The normalized spacial score (nSPS) is 11.8. The smallest absolute Gasteiger partial charge is 0.328 e. The standard InChI is InChI=1S/C26H29N5O8S/c1-3-38-22(32)14-13-21(25(35)39-4-2)29-23(33)17-5-9-18(10-6-17)31-40(36,37)19-11-7-16(8-12-19)20-15-28-26(27)30-24(20)34/h5-12,15,21,31H,3-4,13-14H2,1-2H3,(H,29,33)(H3,27,28,30,34)/t21-/m0/s1. The number of amides is 1. The minimum absolute atomic E-state index is 0.0106. The maximum Gasteiger partial charge on any atom is 0.328 e. The van der Waals surface area contributed by atoms with Gasteiger partial charge in [-0.2, -0.15) is 0 Å². The van der Waals surface area contributed by atoms with Gasteiger partial charge in [-0.3, -0.25) is 24.1 Å². The molecule has 0 saturated heterocycles. The minimum Gasteiger partial charge on any atom is -0.466 e. The number of hydrogen-bond donors (Lipinski definition) is 4. The highest BCUT2D eigenvalue weighted by molar-refractivity contribution is 7.92. The Bertz CT molecular complexity index is 1520. The molecule has 1 heterocycles. The number of benzene rings is 2. The van der Waals surface area contributed by atoms with Gasteiger partial charge in [-0.15, -0.1) is 0 Å². The van der Waals surface area contributed by atoms with Crippen LogP contribution in [0.1, 0.15) is 37.0 Å². The second-order valence-electron chi connectivity index (χ2n) is 8.34. The molecule has 2 aromatic carbocycles.